The maximum Gasteiger partial charge on any atom is 0.416 e. The van der Waals surface area contributed by atoms with Gasteiger partial charge < -0.3 is 33.7 Å². The van der Waals surface area contributed by atoms with Crippen LogP contribution in [-0.2, 0) is 28.8 Å². The number of ether oxygens (including phenoxy) is 3. The number of benzene rings is 2. The van der Waals surface area contributed by atoms with Crippen LogP contribution in [0.25, 0.3) is 0 Å². The highest BCUT2D eigenvalue weighted by Crippen LogP contribution is 2.33. The van der Waals surface area contributed by atoms with E-state index in [9.17, 15) is 22.8 Å². The maximum absolute atomic E-state index is 13.7. The van der Waals surface area contributed by atoms with Gasteiger partial charge >= 0.3 is 12.2 Å². The van der Waals surface area contributed by atoms with Gasteiger partial charge in [0.05, 0.1) is 31.6 Å². The normalized spacial score (nSPS) is 14.9. The molecule has 3 aromatic rings. The first-order chi connectivity index (χ1) is 20.7. The number of fused-ring (bicyclic) bond motifs is 1. The largest absolute Gasteiger partial charge is 0.467 e. The average Bonchev–Trinajstić information content (AvgIpc) is 3.68. The summed E-state index contributed by atoms with van der Waals surface area (Å²) >= 11 is 0. The lowest BCUT2D eigenvalue weighted by Gasteiger charge is -2.30. The Morgan fingerprint density at radius 3 is 2.42 bits per heavy atom. The molecule has 0 saturated carbocycles. The summed E-state index contributed by atoms with van der Waals surface area (Å²) in [6.45, 7) is 4.06. The molecule has 0 radical (unpaired) electrons. The summed E-state index contributed by atoms with van der Waals surface area (Å²) in [5.74, 6) is 1.45. The van der Waals surface area contributed by atoms with Gasteiger partial charge in [-0.3, -0.25) is 9.69 Å². The molecule has 43 heavy (non-hydrogen) atoms. The molecule has 5 rings (SSSR count). The fourth-order valence-electron chi connectivity index (χ4n) is 4.85. The first kappa shape index (κ1) is 30.2. The van der Waals surface area contributed by atoms with Crippen LogP contribution in [-0.4, -0.2) is 79.4 Å². The fourth-order valence-corrected chi connectivity index (χ4v) is 4.85. The van der Waals surface area contributed by atoms with Crippen LogP contribution in [0.5, 0.6) is 11.5 Å². The van der Waals surface area contributed by atoms with Crippen molar-refractivity contribution >= 4 is 17.6 Å². The standard InChI is InChI=1S/C30H33F3N4O6/c31-30(32,33)23-5-7-24(8-6-23)34-29(39)36(11-2-10-35-12-15-40-16-13-35)20-28(38)37(19-25-3-1-14-41-25)18-22-4-9-26-27(17-22)43-21-42-26/h1,3-9,14,17H,2,10-13,15-16,18-21H2,(H,34,39). The van der Waals surface area contributed by atoms with Crippen LogP contribution >= 0.6 is 0 Å². The van der Waals surface area contributed by atoms with Gasteiger partial charge in [0.15, 0.2) is 11.5 Å². The van der Waals surface area contributed by atoms with Gasteiger partial charge in [0.25, 0.3) is 0 Å². The summed E-state index contributed by atoms with van der Waals surface area (Å²) in [5.41, 5.74) is 0.175. The third-order valence-corrected chi connectivity index (χ3v) is 7.17. The van der Waals surface area contributed by atoms with E-state index in [-0.39, 0.29) is 44.6 Å². The van der Waals surface area contributed by atoms with Crippen LogP contribution in [0.15, 0.2) is 65.3 Å². The molecule has 10 nitrogen and oxygen atoms in total. The highest BCUT2D eigenvalue weighted by Gasteiger charge is 2.30. The zero-order chi connectivity index (χ0) is 30.2. The molecule has 230 valence electrons. The predicted molar refractivity (Wildman–Crippen MR) is 149 cm³/mol. The van der Waals surface area contributed by atoms with Gasteiger partial charge in [-0.05, 0) is 60.5 Å². The monoisotopic (exact) mass is 602 g/mol. The third-order valence-electron chi connectivity index (χ3n) is 7.17. The van der Waals surface area contributed by atoms with Gasteiger partial charge in [0.1, 0.15) is 12.3 Å². The van der Waals surface area contributed by atoms with Crippen LogP contribution in [0.1, 0.15) is 23.3 Å². The topological polar surface area (TPSA) is 96.7 Å². The number of hydrogen-bond donors (Lipinski definition) is 1. The van der Waals surface area contributed by atoms with Crippen molar-refractivity contribution in [2.24, 2.45) is 0 Å². The second-order valence-corrected chi connectivity index (χ2v) is 10.3. The number of carbonyl (C=O) groups excluding carboxylic acids is 2. The van der Waals surface area contributed by atoms with E-state index in [1.807, 2.05) is 12.1 Å². The second kappa shape index (κ2) is 13.8. The molecule has 0 bridgehead atoms. The van der Waals surface area contributed by atoms with Crippen LogP contribution in [0.2, 0.25) is 0 Å². The van der Waals surface area contributed by atoms with E-state index in [1.165, 1.54) is 23.3 Å². The van der Waals surface area contributed by atoms with Crippen molar-refractivity contribution in [1.82, 2.24) is 14.7 Å². The number of urea groups is 1. The second-order valence-electron chi connectivity index (χ2n) is 10.3. The maximum atomic E-state index is 13.7. The lowest BCUT2D eigenvalue weighted by molar-refractivity contribution is -0.137. The highest BCUT2D eigenvalue weighted by molar-refractivity contribution is 5.92. The number of halogens is 3. The minimum absolute atomic E-state index is 0.126. The minimum atomic E-state index is -4.49. The molecule has 3 heterocycles. The van der Waals surface area contributed by atoms with Crippen molar-refractivity contribution in [1.29, 1.82) is 0 Å². The summed E-state index contributed by atoms with van der Waals surface area (Å²) in [6.07, 6.45) is -2.38. The quantitative estimate of drug-likeness (QED) is 0.337. The summed E-state index contributed by atoms with van der Waals surface area (Å²) in [6, 6.07) is 12.5. The van der Waals surface area contributed by atoms with Crippen molar-refractivity contribution in [3.63, 3.8) is 0 Å². The number of alkyl halides is 3. The number of amides is 3. The highest BCUT2D eigenvalue weighted by atomic mass is 19.4. The Morgan fingerprint density at radius 2 is 1.70 bits per heavy atom. The van der Waals surface area contributed by atoms with E-state index >= 15 is 0 Å². The summed E-state index contributed by atoms with van der Waals surface area (Å²) < 4.78 is 60.8. The van der Waals surface area contributed by atoms with E-state index in [4.69, 9.17) is 18.6 Å². The molecular formula is C30H33F3N4O6. The number of rotatable bonds is 11. The Hall–Kier alpha value is -4.23. The van der Waals surface area contributed by atoms with Crippen LogP contribution < -0.4 is 14.8 Å². The molecule has 2 aromatic carbocycles. The average molecular weight is 603 g/mol. The number of hydrogen-bond acceptors (Lipinski definition) is 7. The lowest BCUT2D eigenvalue weighted by Crippen LogP contribution is -2.45. The number of anilines is 1. The van der Waals surface area contributed by atoms with Gasteiger partial charge in [-0.1, -0.05) is 6.07 Å². The molecular weight excluding hydrogens is 569 g/mol. The fraction of sp³-hybridized carbons (Fsp3) is 0.400. The van der Waals surface area contributed by atoms with Crippen molar-refractivity contribution in [2.75, 3.05) is 58.0 Å². The summed E-state index contributed by atoms with van der Waals surface area (Å²) in [4.78, 5) is 32.3. The molecule has 1 fully saturated rings. The number of nitrogens with zero attached hydrogens (tertiary/aromatic N) is 3. The molecule has 1 aromatic heterocycles. The SMILES string of the molecule is O=C(CN(CCCN1CCOCC1)C(=O)Nc1ccc(C(F)(F)F)cc1)N(Cc1ccc2c(c1)OCO2)Cc1ccco1. The Kier molecular flexibility index (Phi) is 9.72. The van der Waals surface area contributed by atoms with E-state index in [1.54, 1.807) is 23.1 Å². The van der Waals surface area contributed by atoms with Gasteiger partial charge in [-0.2, -0.15) is 13.2 Å². The molecule has 0 unspecified atom stereocenters. The van der Waals surface area contributed by atoms with Crippen molar-refractivity contribution in [3.8, 4) is 11.5 Å². The first-order valence-electron chi connectivity index (χ1n) is 14.0. The molecule has 1 saturated heterocycles. The van der Waals surface area contributed by atoms with Crippen molar-refractivity contribution in [2.45, 2.75) is 25.7 Å². The van der Waals surface area contributed by atoms with Crippen LogP contribution in [0.3, 0.4) is 0 Å². The molecule has 2 aliphatic rings. The van der Waals surface area contributed by atoms with Gasteiger partial charge in [-0.25, -0.2) is 4.79 Å². The minimum Gasteiger partial charge on any atom is -0.467 e. The number of nitrogens with one attached hydrogen (secondary N) is 1. The Balaban J connectivity index is 1.30. The van der Waals surface area contributed by atoms with Crippen LogP contribution in [0.4, 0.5) is 23.7 Å². The van der Waals surface area contributed by atoms with E-state index in [0.717, 1.165) is 30.8 Å². The summed E-state index contributed by atoms with van der Waals surface area (Å²) in [5, 5.41) is 2.64. The van der Waals surface area contributed by atoms with E-state index in [2.05, 4.69) is 10.2 Å². The number of carbonyl (C=O) groups is 2. The van der Waals surface area contributed by atoms with Gasteiger partial charge in [0, 0.05) is 38.4 Å². The molecule has 0 aliphatic carbocycles. The predicted octanol–water partition coefficient (Wildman–Crippen LogP) is 4.81. The molecule has 1 N–H and O–H groups in total. The van der Waals surface area contributed by atoms with Crippen LogP contribution in [0, 0.1) is 0 Å². The smallest absolute Gasteiger partial charge is 0.416 e. The van der Waals surface area contributed by atoms with Gasteiger partial charge in [-0.15, -0.1) is 0 Å². The van der Waals surface area contributed by atoms with E-state index in [0.29, 0.717) is 43.4 Å². The molecule has 3 amide bonds. The molecule has 0 atom stereocenters. The van der Waals surface area contributed by atoms with Gasteiger partial charge in [0.2, 0.25) is 12.7 Å². The third kappa shape index (κ3) is 8.42. The molecule has 2 aliphatic heterocycles. The lowest BCUT2D eigenvalue weighted by atomic mass is 10.2. The zero-order valence-electron chi connectivity index (χ0n) is 23.5. The first-order valence-corrected chi connectivity index (χ1v) is 14.0. The Labute approximate surface area is 246 Å². The summed E-state index contributed by atoms with van der Waals surface area (Å²) in [7, 11) is 0. The van der Waals surface area contributed by atoms with E-state index < -0.39 is 17.8 Å². The van der Waals surface area contributed by atoms with Crippen molar-refractivity contribution < 1.29 is 41.4 Å². The molecule has 0 spiro atoms. The Bertz CT molecular complexity index is 1360. The zero-order valence-corrected chi connectivity index (χ0v) is 23.5. The molecule has 13 heteroatoms. The Morgan fingerprint density at radius 1 is 0.930 bits per heavy atom. The van der Waals surface area contributed by atoms with Crippen molar-refractivity contribution in [3.05, 3.63) is 77.7 Å². The number of morpholine rings is 1. The number of furan rings is 1.